The van der Waals surface area contributed by atoms with Crippen LogP contribution in [0.2, 0.25) is 0 Å². The molecule has 4 N–H and O–H groups in total. The topological polar surface area (TPSA) is 118 Å². The second-order valence-electron chi connectivity index (χ2n) is 8.20. The third-order valence-corrected chi connectivity index (χ3v) is 6.30. The largest absolute Gasteiger partial charge is 0.393 e. The third kappa shape index (κ3) is 3.66. The first-order chi connectivity index (χ1) is 12.4. The minimum absolute atomic E-state index is 0.208. The highest BCUT2D eigenvalue weighted by molar-refractivity contribution is 4.94. The lowest BCUT2D eigenvalue weighted by Gasteiger charge is -2.36. The van der Waals surface area contributed by atoms with Crippen LogP contribution in [0.15, 0.2) is 0 Å². The molecule has 4 rings (SSSR count). The standard InChI is InChI=1S/C18H30O8/c19-11-1-5-17(6-2-11)23-9-13(25-17)15(21)16(22)14-10-24-18(26-14)7-3-12(20)4-8-18/h11-16,19-22H,1-10H2. The zero-order chi connectivity index (χ0) is 18.4. The van der Waals surface area contributed by atoms with Crippen molar-refractivity contribution >= 4 is 0 Å². The highest BCUT2D eigenvalue weighted by Crippen LogP contribution is 2.41. The summed E-state index contributed by atoms with van der Waals surface area (Å²) in [6.45, 7) is 0.415. The molecule has 2 heterocycles. The summed E-state index contributed by atoms with van der Waals surface area (Å²) in [5, 5.41) is 40.5. The molecule has 26 heavy (non-hydrogen) atoms. The molecule has 0 aromatic rings. The Morgan fingerprint density at radius 3 is 1.35 bits per heavy atom. The van der Waals surface area contributed by atoms with E-state index in [-0.39, 0.29) is 25.4 Å². The summed E-state index contributed by atoms with van der Waals surface area (Å²) in [5.74, 6) is -1.50. The van der Waals surface area contributed by atoms with Gasteiger partial charge in [0, 0.05) is 25.7 Å². The summed E-state index contributed by atoms with van der Waals surface area (Å²) < 4.78 is 23.5. The molecule has 4 aliphatic rings. The Bertz CT molecular complexity index is 440. The van der Waals surface area contributed by atoms with Crippen molar-refractivity contribution in [3.63, 3.8) is 0 Å². The van der Waals surface area contributed by atoms with E-state index in [4.69, 9.17) is 18.9 Å². The fourth-order valence-electron chi connectivity index (χ4n) is 4.54. The van der Waals surface area contributed by atoms with Gasteiger partial charge in [0.15, 0.2) is 11.6 Å². The first kappa shape index (κ1) is 19.0. The van der Waals surface area contributed by atoms with E-state index in [0.29, 0.717) is 51.4 Å². The van der Waals surface area contributed by atoms with Crippen LogP contribution in [-0.4, -0.2) is 81.8 Å². The van der Waals surface area contributed by atoms with Crippen LogP contribution in [0.4, 0.5) is 0 Å². The van der Waals surface area contributed by atoms with Crippen molar-refractivity contribution in [1.29, 1.82) is 0 Å². The monoisotopic (exact) mass is 374 g/mol. The zero-order valence-corrected chi connectivity index (χ0v) is 15.0. The normalized spacial score (nSPS) is 48.9. The maximum absolute atomic E-state index is 10.6. The summed E-state index contributed by atoms with van der Waals surface area (Å²) in [5.41, 5.74) is 0. The van der Waals surface area contributed by atoms with Gasteiger partial charge in [-0.2, -0.15) is 0 Å². The van der Waals surface area contributed by atoms with Crippen LogP contribution in [0, 0.1) is 0 Å². The summed E-state index contributed by atoms with van der Waals surface area (Å²) in [4.78, 5) is 0. The summed E-state index contributed by atoms with van der Waals surface area (Å²) in [6.07, 6.45) is 0.596. The molecule has 0 aromatic heterocycles. The predicted octanol–water partition coefficient (Wildman–Crippen LogP) is -0.199. The van der Waals surface area contributed by atoms with Gasteiger partial charge in [-0.3, -0.25) is 0 Å². The molecule has 4 atom stereocenters. The van der Waals surface area contributed by atoms with Crippen LogP contribution in [0.25, 0.3) is 0 Å². The Balaban J connectivity index is 1.32. The number of rotatable bonds is 3. The quantitative estimate of drug-likeness (QED) is 0.537. The van der Waals surface area contributed by atoms with E-state index in [1.54, 1.807) is 0 Å². The summed E-state index contributed by atoms with van der Waals surface area (Å²) >= 11 is 0. The Morgan fingerprint density at radius 1 is 0.654 bits per heavy atom. The van der Waals surface area contributed by atoms with Gasteiger partial charge in [-0.15, -0.1) is 0 Å². The van der Waals surface area contributed by atoms with Crippen molar-refractivity contribution in [1.82, 2.24) is 0 Å². The molecule has 0 aromatic carbocycles. The zero-order valence-electron chi connectivity index (χ0n) is 15.0. The minimum atomic E-state index is -1.14. The minimum Gasteiger partial charge on any atom is -0.393 e. The van der Waals surface area contributed by atoms with E-state index in [9.17, 15) is 20.4 Å². The van der Waals surface area contributed by atoms with Crippen LogP contribution in [0.1, 0.15) is 51.4 Å². The number of aliphatic hydroxyl groups is 4. The Kier molecular flexibility index (Phi) is 5.31. The van der Waals surface area contributed by atoms with Crippen LogP contribution < -0.4 is 0 Å². The lowest BCUT2D eigenvalue weighted by molar-refractivity contribution is -0.224. The molecule has 8 heteroatoms. The first-order valence-corrected chi connectivity index (χ1v) is 9.76. The van der Waals surface area contributed by atoms with Crippen molar-refractivity contribution in [3.8, 4) is 0 Å². The van der Waals surface area contributed by atoms with Gasteiger partial charge < -0.3 is 39.4 Å². The lowest BCUT2D eigenvalue weighted by atomic mass is 9.92. The van der Waals surface area contributed by atoms with E-state index in [1.165, 1.54) is 0 Å². The van der Waals surface area contributed by atoms with Crippen molar-refractivity contribution in [2.75, 3.05) is 13.2 Å². The maximum Gasteiger partial charge on any atom is 0.169 e. The Labute approximate surface area is 153 Å². The van der Waals surface area contributed by atoms with E-state index in [0.717, 1.165) is 0 Å². The average molecular weight is 374 g/mol. The molecule has 0 bridgehead atoms. The van der Waals surface area contributed by atoms with Crippen molar-refractivity contribution in [3.05, 3.63) is 0 Å². The van der Waals surface area contributed by atoms with E-state index >= 15 is 0 Å². The van der Waals surface area contributed by atoms with Gasteiger partial charge in [0.1, 0.15) is 24.4 Å². The molecular weight excluding hydrogens is 344 g/mol. The maximum atomic E-state index is 10.6. The van der Waals surface area contributed by atoms with Gasteiger partial charge in [0.05, 0.1) is 25.4 Å². The Morgan fingerprint density at radius 2 is 1.00 bits per heavy atom. The van der Waals surface area contributed by atoms with E-state index in [1.807, 2.05) is 0 Å². The second kappa shape index (κ2) is 7.25. The van der Waals surface area contributed by atoms with Crippen LogP contribution in [-0.2, 0) is 18.9 Å². The fraction of sp³-hybridized carbons (Fsp3) is 1.00. The molecule has 4 fully saturated rings. The molecule has 2 aliphatic heterocycles. The smallest absolute Gasteiger partial charge is 0.169 e. The van der Waals surface area contributed by atoms with Gasteiger partial charge in [-0.25, -0.2) is 0 Å². The van der Waals surface area contributed by atoms with Crippen LogP contribution in [0.3, 0.4) is 0 Å². The predicted molar refractivity (Wildman–Crippen MR) is 88.1 cm³/mol. The highest BCUT2D eigenvalue weighted by Gasteiger charge is 2.51. The second-order valence-corrected chi connectivity index (χ2v) is 8.20. The molecule has 0 amide bonds. The molecule has 2 saturated carbocycles. The molecule has 2 spiro atoms. The van der Waals surface area contributed by atoms with Gasteiger partial charge in [-0.05, 0) is 25.7 Å². The van der Waals surface area contributed by atoms with Gasteiger partial charge in [-0.1, -0.05) is 0 Å². The molecule has 0 radical (unpaired) electrons. The number of hydrogen-bond acceptors (Lipinski definition) is 8. The highest BCUT2D eigenvalue weighted by atomic mass is 16.8. The van der Waals surface area contributed by atoms with Crippen LogP contribution in [0.5, 0.6) is 0 Å². The van der Waals surface area contributed by atoms with E-state index in [2.05, 4.69) is 0 Å². The molecule has 4 unspecified atom stereocenters. The van der Waals surface area contributed by atoms with Crippen LogP contribution >= 0.6 is 0 Å². The number of aliphatic hydroxyl groups excluding tert-OH is 4. The first-order valence-electron chi connectivity index (χ1n) is 9.76. The third-order valence-electron chi connectivity index (χ3n) is 6.30. The molecular formula is C18H30O8. The fourth-order valence-corrected chi connectivity index (χ4v) is 4.54. The number of hydrogen-bond donors (Lipinski definition) is 4. The van der Waals surface area contributed by atoms with Gasteiger partial charge in [0.25, 0.3) is 0 Å². The van der Waals surface area contributed by atoms with Crippen molar-refractivity contribution in [2.24, 2.45) is 0 Å². The van der Waals surface area contributed by atoms with E-state index < -0.39 is 36.0 Å². The number of ether oxygens (including phenoxy) is 4. The van der Waals surface area contributed by atoms with Crippen molar-refractivity contribution in [2.45, 2.75) is 99.6 Å². The SMILES string of the molecule is OC1CCC2(CC1)OCC(C(O)C(O)C1COC3(CCC(O)CC3)O1)O2. The van der Waals surface area contributed by atoms with Gasteiger partial charge in [0.2, 0.25) is 0 Å². The molecule has 2 saturated heterocycles. The molecule has 8 nitrogen and oxygen atoms in total. The average Bonchev–Trinajstić information content (AvgIpc) is 3.25. The summed E-state index contributed by atoms with van der Waals surface area (Å²) in [6, 6.07) is 0. The van der Waals surface area contributed by atoms with Gasteiger partial charge >= 0.3 is 0 Å². The lowest BCUT2D eigenvalue weighted by Crippen LogP contribution is -2.48. The molecule has 2 aliphatic carbocycles. The summed E-state index contributed by atoms with van der Waals surface area (Å²) in [7, 11) is 0. The Hall–Kier alpha value is -0.320. The molecule has 150 valence electrons. The van der Waals surface area contributed by atoms with Crippen molar-refractivity contribution < 1.29 is 39.4 Å².